The minimum atomic E-state index is -1.03. The van der Waals surface area contributed by atoms with Gasteiger partial charge in [0, 0.05) is 9.75 Å². The normalized spacial score (nSPS) is 10.3. The number of carboxylic acids is 1. The average molecular weight is 325 g/mol. The van der Waals surface area contributed by atoms with Crippen molar-refractivity contribution < 1.29 is 19.4 Å². The fourth-order valence-corrected chi connectivity index (χ4v) is 3.17. The van der Waals surface area contributed by atoms with Gasteiger partial charge in [0.05, 0.1) is 6.54 Å². The van der Waals surface area contributed by atoms with Gasteiger partial charge in [0.15, 0.2) is 11.5 Å². The number of nitrogens with one attached hydrogen (secondary N) is 1. The molecule has 0 aliphatic carbocycles. The first kappa shape index (κ1) is 15.5. The zero-order chi connectivity index (χ0) is 15.2. The molecule has 1 amide bonds. The minimum absolute atomic E-state index is 0.137. The van der Waals surface area contributed by atoms with Crippen molar-refractivity contribution in [3.05, 3.63) is 38.2 Å². The third-order valence-electron chi connectivity index (χ3n) is 2.69. The summed E-state index contributed by atoms with van der Waals surface area (Å²) in [6, 6.07) is 5.53. The van der Waals surface area contributed by atoms with Crippen LogP contribution in [0.15, 0.2) is 23.6 Å². The molecule has 0 saturated carbocycles. The first-order valence-corrected chi connectivity index (χ1v) is 8.07. The Morgan fingerprint density at radius 2 is 2.19 bits per heavy atom. The second-order valence-electron chi connectivity index (χ2n) is 4.21. The largest absolute Gasteiger partial charge is 0.482 e. The summed E-state index contributed by atoms with van der Waals surface area (Å²) in [4.78, 5) is 24.9. The van der Waals surface area contributed by atoms with Crippen LogP contribution in [0.3, 0.4) is 0 Å². The summed E-state index contributed by atoms with van der Waals surface area (Å²) in [6.07, 6.45) is 0.735. The lowest BCUT2D eigenvalue weighted by Crippen LogP contribution is -2.28. The van der Waals surface area contributed by atoms with Crippen LogP contribution in [0.1, 0.15) is 26.3 Å². The van der Waals surface area contributed by atoms with Crippen molar-refractivity contribution in [3.8, 4) is 5.75 Å². The van der Waals surface area contributed by atoms with Gasteiger partial charge in [-0.15, -0.1) is 22.7 Å². The van der Waals surface area contributed by atoms with Crippen LogP contribution in [0, 0.1) is 0 Å². The molecule has 21 heavy (non-hydrogen) atoms. The predicted molar refractivity (Wildman–Crippen MR) is 82.3 cm³/mol. The van der Waals surface area contributed by atoms with Crippen LogP contribution < -0.4 is 10.1 Å². The number of rotatable bonds is 7. The van der Waals surface area contributed by atoms with E-state index in [1.54, 1.807) is 17.4 Å². The molecule has 2 rings (SSSR count). The molecule has 5 nitrogen and oxygen atoms in total. The fraction of sp³-hybridized carbons (Fsp3) is 0.286. The zero-order valence-corrected chi connectivity index (χ0v) is 13.1. The summed E-state index contributed by atoms with van der Waals surface area (Å²) in [7, 11) is 0. The molecule has 0 aliphatic heterocycles. The maximum Gasteiger partial charge on any atom is 0.349 e. The quantitative estimate of drug-likeness (QED) is 0.821. The number of hydrogen-bond acceptors (Lipinski definition) is 5. The number of hydrogen-bond donors (Lipinski definition) is 2. The fourth-order valence-electron chi connectivity index (χ4n) is 1.65. The van der Waals surface area contributed by atoms with E-state index in [4.69, 9.17) is 9.84 Å². The van der Waals surface area contributed by atoms with Gasteiger partial charge in [-0.05, 0) is 23.9 Å². The summed E-state index contributed by atoms with van der Waals surface area (Å²) in [6.45, 7) is 2.20. The van der Waals surface area contributed by atoms with E-state index in [2.05, 4.69) is 5.32 Å². The molecule has 0 bridgehead atoms. The first-order valence-electron chi connectivity index (χ1n) is 6.38. The number of amides is 1. The lowest BCUT2D eigenvalue weighted by molar-refractivity contribution is -0.123. The van der Waals surface area contributed by atoms with Crippen LogP contribution in [-0.4, -0.2) is 23.6 Å². The highest BCUT2D eigenvalue weighted by Crippen LogP contribution is 2.29. The van der Waals surface area contributed by atoms with Gasteiger partial charge < -0.3 is 15.2 Å². The second kappa shape index (κ2) is 7.24. The monoisotopic (exact) mass is 325 g/mol. The third kappa shape index (κ3) is 4.30. The number of carbonyl (C=O) groups is 2. The van der Waals surface area contributed by atoms with Crippen LogP contribution in [0.2, 0.25) is 0 Å². The average Bonchev–Trinajstić information content (AvgIpc) is 3.11. The van der Waals surface area contributed by atoms with Gasteiger partial charge in [-0.1, -0.05) is 13.0 Å². The van der Waals surface area contributed by atoms with Crippen LogP contribution in [0.5, 0.6) is 5.75 Å². The molecule has 2 aromatic rings. The second-order valence-corrected chi connectivity index (χ2v) is 6.38. The smallest absolute Gasteiger partial charge is 0.349 e. The van der Waals surface area contributed by atoms with Crippen LogP contribution in [0.4, 0.5) is 0 Å². The van der Waals surface area contributed by atoms with E-state index in [0.29, 0.717) is 6.54 Å². The lowest BCUT2D eigenvalue weighted by atomic mass is 10.3. The van der Waals surface area contributed by atoms with Gasteiger partial charge in [-0.25, -0.2) is 4.79 Å². The van der Waals surface area contributed by atoms with E-state index in [-0.39, 0.29) is 23.1 Å². The molecule has 0 atom stereocenters. The minimum Gasteiger partial charge on any atom is -0.482 e. The molecule has 0 aromatic carbocycles. The standard InChI is InChI=1S/C14H15NO4S2/c1-2-9-6-11(13(21-9)14(17)18)19-8-12(16)15-7-10-4-3-5-20-10/h3-6H,2,7-8H2,1H3,(H,15,16)(H,17,18). The highest BCUT2D eigenvalue weighted by Gasteiger charge is 2.17. The zero-order valence-electron chi connectivity index (χ0n) is 11.4. The highest BCUT2D eigenvalue weighted by molar-refractivity contribution is 7.14. The van der Waals surface area contributed by atoms with Gasteiger partial charge in [-0.2, -0.15) is 0 Å². The van der Waals surface area contributed by atoms with Crippen LogP contribution >= 0.6 is 22.7 Å². The third-order valence-corrected chi connectivity index (χ3v) is 4.82. The molecule has 2 N–H and O–H groups in total. The molecule has 0 saturated heterocycles. The molecule has 0 unspecified atom stereocenters. The molecule has 0 fully saturated rings. The maximum absolute atomic E-state index is 11.7. The van der Waals surface area contributed by atoms with E-state index < -0.39 is 5.97 Å². The summed E-state index contributed by atoms with van der Waals surface area (Å²) in [5, 5.41) is 13.8. The molecular weight excluding hydrogens is 310 g/mol. The highest BCUT2D eigenvalue weighted by atomic mass is 32.1. The lowest BCUT2D eigenvalue weighted by Gasteiger charge is -2.06. The van der Waals surface area contributed by atoms with E-state index in [1.807, 2.05) is 24.4 Å². The summed E-state index contributed by atoms with van der Waals surface area (Å²) in [5.74, 6) is -1.05. The Labute approximate surface area is 130 Å². The molecule has 112 valence electrons. The van der Waals surface area contributed by atoms with E-state index in [1.165, 1.54) is 11.3 Å². The molecular formula is C14H15NO4S2. The molecule has 0 spiro atoms. The van der Waals surface area contributed by atoms with Crippen molar-refractivity contribution in [1.82, 2.24) is 5.32 Å². The Morgan fingerprint density at radius 3 is 2.81 bits per heavy atom. The van der Waals surface area contributed by atoms with Crippen molar-refractivity contribution in [3.63, 3.8) is 0 Å². The van der Waals surface area contributed by atoms with Gasteiger partial charge in [0.1, 0.15) is 5.75 Å². The van der Waals surface area contributed by atoms with Crippen molar-refractivity contribution in [1.29, 1.82) is 0 Å². The van der Waals surface area contributed by atoms with Crippen molar-refractivity contribution in [2.45, 2.75) is 19.9 Å². The Bertz CT molecular complexity index is 619. The van der Waals surface area contributed by atoms with Gasteiger partial charge in [-0.3, -0.25) is 4.79 Å². The maximum atomic E-state index is 11.7. The Balaban J connectivity index is 1.88. The van der Waals surface area contributed by atoms with E-state index in [0.717, 1.165) is 16.2 Å². The number of aromatic carboxylic acids is 1. The molecule has 7 heteroatoms. The van der Waals surface area contributed by atoms with Crippen molar-refractivity contribution in [2.24, 2.45) is 0 Å². The van der Waals surface area contributed by atoms with Crippen LogP contribution in [-0.2, 0) is 17.8 Å². The Hall–Kier alpha value is -1.86. The Kier molecular flexibility index (Phi) is 5.35. The van der Waals surface area contributed by atoms with E-state index >= 15 is 0 Å². The van der Waals surface area contributed by atoms with Crippen molar-refractivity contribution in [2.75, 3.05) is 6.61 Å². The van der Waals surface area contributed by atoms with Crippen molar-refractivity contribution >= 4 is 34.6 Å². The summed E-state index contributed by atoms with van der Waals surface area (Å²) >= 11 is 2.74. The van der Waals surface area contributed by atoms with E-state index in [9.17, 15) is 9.59 Å². The summed E-state index contributed by atoms with van der Waals surface area (Å²) in [5.41, 5.74) is 0. The number of carboxylic acid groups (broad SMARTS) is 1. The molecule has 0 radical (unpaired) electrons. The van der Waals surface area contributed by atoms with Crippen LogP contribution in [0.25, 0.3) is 0 Å². The van der Waals surface area contributed by atoms with Gasteiger partial charge in [0.25, 0.3) is 5.91 Å². The number of ether oxygens (including phenoxy) is 1. The van der Waals surface area contributed by atoms with Gasteiger partial charge >= 0.3 is 5.97 Å². The molecule has 2 aromatic heterocycles. The van der Waals surface area contributed by atoms with Gasteiger partial charge in [0.2, 0.25) is 0 Å². The summed E-state index contributed by atoms with van der Waals surface area (Å²) < 4.78 is 5.33. The topological polar surface area (TPSA) is 75.6 Å². The predicted octanol–water partition coefficient (Wildman–Crippen LogP) is 2.77. The number of carbonyl (C=O) groups excluding carboxylic acids is 1. The SMILES string of the molecule is CCc1cc(OCC(=O)NCc2cccs2)c(C(=O)O)s1. The molecule has 0 aliphatic rings. The number of thiophene rings is 2. The Morgan fingerprint density at radius 1 is 1.38 bits per heavy atom. The molecule has 2 heterocycles. The first-order chi connectivity index (χ1) is 10.1. The number of aryl methyl sites for hydroxylation is 1.